The van der Waals surface area contributed by atoms with Crippen LogP contribution in [0.15, 0.2) is 15.9 Å². The number of nitrogens with two attached hydrogens (primary N) is 1. The maximum Gasteiger partial charge on any atom is 0.261 e. The molecule has 0 fully saturated rings. The summed E-state index contributed by atoms with van der Waals surface area (Å²) in [7, 11) is 0. The van der Waals surface area contributed by atoms with Crippen LogP contribution in [0.2, 0.25) is 0 Å². The third kappa shape index (κ3) is 3.89. The maximum absolute atomic E-state index is 11.6. The molecule has 3 nitrogen and oxygen atoms in total. The quantitative estimate of drug-likeness (QED) is 0.838. The zero-order valence-corrected chi connectivity index (χ0v) is 11.3. The van der Waals surface area contributed by atoms with E-state index < -0.39 is 0 Å². The molecule has 1 amide bonds. The maximum atomic E-state index is 11.6. The highest BCUT2D eigenvalue weighted by Crippen LogP contribution is 2.21. The van der Waals surface area contributed by atoms with Crippen molar-refractivity contribution in [3.63, 3.8) is 0 Å². The molecule has 82 valence electrons. The first-order chi connectivity index (χ1) is 7.00. The molecule has 1 aromatic heterocycles. The second-order valence-corrected chi connectivity index (χ2v) is 6.05. The molecule has 1 unspecified atom stereocenters. The number of carbonyl (C=O) groups excluding carboxylic acids is 1. The smallest absolute Gasteiger partial charge is 0.261 e. The third-order valence-corrected chi connectivity index (χ3v) is 3.88. The average molecular weight is 307 g/mol. The van der Waals surface area contributed by atoms with Crippen LogP contribution in [0.5, 0.6) is 0 Å². The molecule has 0 aliphatic carbocycles. The first kappa shape index (κ1) is 12.6. The molecular weight excluding hydrogens is 296 g/mol. The van der Waals surface area contributed by atoms with Gasteiger partial charge in [-0.25, -0.2) is 0 Å². The van der Waals surface area contributed by atoms with Gasteiger partial charge in [-0.05, 0) is 28.1 Å². The highest BCUT2D eigenvalue weighted by molar-refractivity contribution is 9.11. The van der Waals surface area contributed by atoms with Crippen molar-refractivity contribution in [2.75, 3.05) is 6.54 Å². The Balaban J connectivity index is 2.47. The molecule has 1 atom stereocenters. The standard InChI is InChI=1S/C9H11BrN2OS2/c1-5(8(11)14)4-12-9(13)6-2-3-7(10)15-6/h2-3,5H,4H2,1H3,(H2,11,14)(H,12,13). The molecule has 0 aliphatic rings. The van der Waals surface area contributed by atoms with E-state index in [0.717, 1.165) is 3.79 Å². The fourth-order valence-corrected chi connectivity index (χ4v) is 2.26. The molecule has 0 radical (unpaired) electrons. The number of thiocarbonyl (C=S) groups is 1. The van der Waals surface area contributed by atoms with E-state index in [1.807, 2.05) is 13.0 Å². The van der Waals surface area contributed by atoms with Gasteiger partial charge in [0.1, 0.15) is 0 Å². The minimum absolute atomic E-state index is 0.0207. The summed E-state index contributed by atoms with van der Waals surface area (Å²) < 4.78 is 0.940. The average Bonchev–Trinajstić information content (AvgIpc) is 2.60. The molecule has 0 bridgehead atoms. The van der Waals surface area contributed by atoms with Crippen molar-refractivity contribution in [3.05, 3.63) is 20.8 Å². The lowest BCUT2D eigenvalue weighted by Gasteiger charge is -2.09. The number of thiophene rings is 1. The Hall–Kier alpha value is -0.460. The molecule has 15 heavy (non-hydrogen) atoms. The van der Waals surface area contributed by atoms with E-state index in [-0.39, 0.29) is 11.8 Å². The number of hydrogen-bond donors (Lipinski definition) is 2. The van der Waals surface area contributed by atoms with E-state index in [2.05, 4.69) is 21.2 Å². The van der Waals surface area contributed by atoms with Crippen molar-refractivity contribution >= 4 is 50.4 Å². The summed E-state index contributed by atoms with van der Waals surface area (Å²) in [6, 6.07) is 3.62. The van der Waals surface area contributed by atoms with Gasteiger partial charge in [0, 0.05) is 12.5 Å². The monoisotopic (exact) mass is 306 g/mol. The van der Waals surface area contributed by atoms with Crippen LogP contribution < -0.4 is 11.1 Å². The van der Waals surface area contributed by atoms with Gasteiger partial charge in [0.25, 0.3) is 5.91 Å². The van der Waals surface area contributed by atoms with Crippen LogP contribution in [0.4, 0.5) is 0 Å². The van der Waals surface area contributed by atoms with E-state index in [1.54, 1.807) is 6.07 Å². The van der Waals surface area contributed by atoms with E-state index in [0.29, 0.717) is 16.4 Å². The zero-order valence-electron chi connectivity index (χ0n) is 8.12. The van der Waals surface area contributed by atoms with Gasteiger partial charge in [-0.3, -0.25) is 4.79 Å². The molecule has 6 heteroatoms. The number of hydrogen-bond acceptors (Lipinski definition) is 3. The Bertz CT molecular complexity index is 378. The Morgan fingerprint density at radius 3 is 2.87 bits per heavy atom. The van der Waals surface area contributed by atoms with E-state index >= 15 is 0 Å². The lowest BCUT2D eigenvalue weighted by atomic mass is 10.2. The van der Waals surface area contributed by atoms with Gasteiger partial charge in [-0.1, -0.05) is 19.1 Å². The van der Waals surface area contributed by atoms with E-state index in [9.17, 15) is 4.79 Å². The van der Waals surface area contributed by atoms with Crippen molar-refractivity contribution in [1.82, 2.24) is 5.32 Å². The summed E-state index contributed by atoms with van der Waals surface area (Å²) >= 11 is 9.51. The summed E-state index contributed by atoms with van der Waals surface area (Å²) in [6.07, 6.45) is 0. The SMILES string of the molecule is CC(CNC(=O)c1ccc(Br)s1)C(N)=S. The van der Waals surface area contributed by atoms with Crippen LogP contribution in [-0.2, 0) is 0 Å². The lowest BCUT2D eigenvalue weighted by molar-refractivity contribution is 0.0955. The van der Waals surface area contributed by atoms with Crippen molar-refractivity contribution < 1.29 is 4.79 Å². The van der Waals surface area contributed by atoms with Crippen LogP contribution in [0.1, 0.15) is 16.6 Å². The number of rotatable bonds is 4. The van der Waals surface area contributed by atoms with Crippen molar-refractivity contribution in [2.45, 2.75) is 6.92 Å². The first-order valence-corrected chi connectivity index (χ1v) is 6.35. The molecule has 0 spiro atoms. The summed E-state index contributed by atoms with van der Waals surface area (Å²) in [5.74, 6) is -0.0684. The van der Waals surface area contributed by atoms with Crippen LogP contribution in [0, 0.1) is 5.92 Å². The highest BCUT2D eigenvalue weighted by Gasteiger charge is 2.10. The lowest BCUT2D eigenvalue weighted by Crippen LogP contribution is -2.33. The second-order valence-electron chi connectivity index (χ2n) is 3.12. The Labute approximate surface area is 106 Å². The minimum atomic E-state index is -0.0891. The molecule has 3 N–H and O–H groups in total. The van der Waals surface area contributed by atoms with Crippen LogP contribution >= 0.6 is 39.5 Å². The topological polar surface area (TPSA) is 55.1 Å². The second kappa shape index (κ2) is 5.58. The summed E-state index contributed by atoms with van der Waals surface area (Å²) in [5, 5.41) is 2.78. The molecular formula is C9H11BrN2OS2. The number of halogens is 1. The van der Waals surface area contributed by atoms with Gasteiger partial charge >= 0.3 is 0 Å². The molecule has 1 rings (SSSR count). The number of carbonyl (C=O) groups is 1. The number of amides is 1. The minimum Gasteiger partial charge on any atom is -0.393 e. The van der Waals surface area contributed by atoms with Gasteiger partial charge in [0.05, 0.1) is 13.7 Å². The normalized spacial score (nSPS) is 12.1. The summed E-state index contributed by atoms with van der Waals surface area (Å²) in [6.45, 7) is 2.36. The molecule has 1 aromatic rings. The van der Waals surface area contributed by atoms with Crippen molar-refractivity contribution in [2.24, 2.45) is 11.7 Å². The molecule has 0 saturated heterocycles. The fraction of sp³-hybridized carbons (Fsp3) is 0.333. The third-order valence-electron chi connectivity index (χ3n) is 1.85. The first-order valence-electron chi connectivity index (χ1n) is 4.33. The van der Waals surface area contributed by atoms with E-state index in [4.69, 9.17) is 18.0 Å². The summed E-state index contributed by atoms with van der Waals surface area (Å²) in [4.78, 5) is 12.7. The number of nitrogens with one attached hydrogen (secondary N) is 1. The molecule has 0 aromatic carbocycles. The Morgan fingerprint density at radius 2 is 2.40 bits per heavy atom. The zero-order chi connectivity index (χ0) is 11.4. The van der Waals surface area contributed by atoms with Gasteiger partial charge in [0.15, 0.2) is 0 Å². The van der Waals surface area contributed by atoms with Gasteiger partial charge in [-0.15, -0.1) is 11.3 Å². The largest absolute Gasteiger partial charge is 0.393 e. The van der Waals surface area contributed by atoms with E-state index in [1.165, 1.54) is 11.3 Å². The molecule has 0 aliphatic heterocycles. The van der Waals surface area contributed by atoms with Crippen molar-refractivity contribution in [1.29, 1.82) is 0 Å². The molecule has 0 saturated carbocycles. The predicted octanol–water partition coefficient (Wildman–Crippen LogP) is 2.16. The van der Waals surface area contributed by atoms with Crippen LogP contribution in [0.3, 0.4) is 0 Å². The molecule has 1 heterocycles. The van der Waals surface area contributed by atoms with Gasteiger partial charge < -0.3 is 11.1 Å². The van der Waals surface area contributed by atoms with Crippen LogP contribution in [-0.4, -0.2) is 17.4 Å². The Kier molecular flexibility index (Phi) is 4.69. The predicted molar refractivity (Wildman–Crippen MR) is 70.3 cm³/mol. The van der Waals surface area contributed by atoms with Crippen LogP contribution in [0.25, 0.3) is 0 Å². The van der Waals surface area contributed by atoms with Crippen molar-refractivity contribution in [3.8, 4) is 0 Å². The van der Waals surface area contributed by atoms with Gasteiger partial charge in [-0.2, -0.15) is 0 Å². The van der Waals surface area contributed by atoms with Gasteiger partial charge in [0.2, 0.25) is 0 Å². The Morgan fingerprint density at radius 1 is 1.73 bits per heavy atom. The highest BCUT2D eigenvalue weighted by atomic mass is 79.9. The summed E-state index contributed by atoms with van der Waals surface area (Å²) in [5.41, 5.74) is 5.44. The fourth-order valence-electron chi connectivity index (χ4n) is 0.870.